The average molecular weight is 180 g/mol. The third-order valence-corrected chi connectivity index (χ3v) is 1.05. The van der Waals surface area contributed by atoms with Crippen molar-refractivity contribution in [2.24, 2.45) is 5.90 Å². The van der Waals surface area contributed by atoms with E-state index in [-0.39, 0.29) is 40.6 Å². The second kappa shape index (κ2) is 9.24. The van der Waals surface area contributed by atoms with Crippen LogP contribution in [0.2, 0.25) is 0 Å². The second-order valence-corrected chi connectivity index (χ2v) is 2.08. The van der Waals surface area contributed by atoms with E-state index in [2.05, 4.69) is 15.0 Å². The van der Waals surface area contributed by atoms with Gasteiger partial charge in [-0.3, -0.25) is 0 Å². The minimum Gasteiger partial charge on any atom is -1.00 e. The van der Waals surface area contributed by atoms with E-state index in [0.717, 1.165) is 6.42 Å². The van der Waals surface area contributed by atoms with Gasteiger partial charge in [-0.25, -0.2) is 0 Å². The standard InChI is InChI=1S/C3H9NO3P.Ca.2H/c1-2-3-6-8(5)7-4;;;/h2-4H2,1H3;;;/q+1;+2;2*-1. The number of hydrogen-bond donors (Lipinski definition) is 1. The van der Waals surface area contributed by atoms with Crippen LogP contribution in [-0.4, -0.2) is 44.3 Å². The Kier molecular flexibility index (Phi) is 13.2. The summed E-state index contributed by atoms with van der Waals surface area (Å²) in [5.41, 5.74) is 0. The van der Waals surface area contributed by atoms with Crippen molar-refractivity contribution >= 4 is 46.0 Å². The van der Waals surface area contributed by atoms with E-state index in [1.165, 1.54) is 0 Å². The summed E-state index contributed by atoms with van der Waals surface area (Å²) in [7, 11) is -2.06. The molecule has 0 saturated heterocycles. The molecular weight excluding hydrogens is 169 g/mol. The van der Waals surface area contributed by atoms with E-state index in [4.69, 9.17) is 0 Å². The average Bonchev–Trinajstić information content (AvgIpc) is 1.83. The molecule has 9 heavy (non-hydrogen) atoms. The van der Waals surface area contributed by atoms with Crippen LogP contribution in [-0.2, 0) is 13.7 Å². The molecule has 0 aliphatic carbocycles. The van der Waals surface area contributed by atoms with Crippen LogP contribution in [0, 0.1) is 0 Å². The summed E-state index contributed by atoms with van der Waals surface area (Å²) < 4.78 is 18.5. The van der Waals surface area contributed by atoms with Crippen LogP contribution in [0.4, 0.5) is 0 Å². The molecule has 52 valence electrons. The SMILES string of the molecule is CCCO[P+](=O)ON.[Ca+2].[H-].[H-]. The molecule has 0 saturated carbocycles. The van der Waals surface area contributed by atoms with E-state index >= 15 is 0 Å². The molecule has 2 N–H and O–H groups in total. The second-order valence-electron chi connectivity index (χ2n) is 1.16. The van der Waals surface area contributed by atoms with Gasteiger partial charge < -0.3 is 2.85 Å². The van der Waals surface area contributed by atoms with Gasteiger partial charge in [0.05, 0.1) is 0 Å². The third-order valence-electron chi connectivity index (χ3n) is 0.487. The Morgan fingerprint density at radius 1 is 1.78 bits per heavy atom. The van der Waals surface area contributed by atoms with E-state index in [0.29, 0.717) is 6.61 Å². The van der Waals surface area contributed by atoms with Gasteiger partial charge >= 0.3 is 46.0 Å². The molecule has 0 bridgehead atoms. The normalized spacial score (nSPS) is 10.2. The minimum atomic E-state index is -2.06. The smallest absolute Gasteiger partial charge is 1.00 e. The number of rotatable bonds is 4. The molecule has 0 heterocycles. The quantitative estimate of drug-likeness (QED) is 0.395. The fourth-order valence-electron chi connectivity index (χ4n) is 0.196. The van der Waals surface area contributed by atoms with E-state index in [1.807, 2.05) is 6.92 Å². The summed E-state index contributed by atoms with van der Waals surface area (Å²) in [4.78, 5) is 0. The van der Waals surface area contributed by atoms with Crippen LogP contribution in [0.3, 0.4) is 0 Å². The Bertz CT molecular complexity index is 89.0. The van der Waals surface area contributed by atoms with Gasteiger partial charge in [-0.15, -0.1) is 4.52 Å². The topological polar surface area (TPSA) is 61.5 Å². The molecule has 0 rings (SSSR count). The van der Waals surface area contributed by atoms with Crippen molar-refractivity contribution in [3.05, 3.63) is 0 Å². The zero-order chi connectivity index (χ0) is 6.41. The van der Waals surface area contributed by atoms with Gasteiger partial charge in [-0.2, -0.15) is 5.90 Å². The zero-order valence-corrected chi connectivity index (χ0v) is 8.47. The van der Waals surface area contributed by atoms with Gasteiger partial charge in [0.15, 0.2) is 0 Å². The fraction of sp³-hybridized carbons (Fsp3) is 1.00. The third kappa shape index (κ3) is 9.24. The number of hydrogen-bond acceptors (Lipinski definition) is 4. The Morgan fingerprint density at radius 2 is 2.33 bits per heavy atom. The molecule has 6 heteroatoms. The van der Waals surface area contributed by atoms with Crippen LogP contribution in [0.25, 0.3) is 0 Å². The molecule has 0 fully saturated rings. The van der Waals surface area contributed by atoms with Crippen LogP contribution >= 0.6 is 8.25 Å². The molecule has 0 amide bonds. The van der Waals surface area contributed by atoms with Crippen molar-refractivity contribution in [1.82, 2.24) is 0 Å². The first kappa shape index (κ1) is 12.9. The van der Waals surface area contributed by atoms with Crippen molar-refractivity contribution in [3.63, 3.8) is 0 Å². The zero-order valence-electron chi connectivity index (χ0n) is 7.37. The predicted octanol–water partition coefficient (Wildman–Crippen LogP) is 0.805. The van der Waals surface area contributed by atoms with Crippen LogP contribution < -0.4 is 5.90 Å². The molecular formula is C3H11CaNO3P+. The molecule has 4 nitrogen and oxygen atoms in total. The molecule has 0 aromatic carbocycles. The minimum absolute atomic E-state index is 0. The molecule has 1 unspecified atom stereocenters. The maximum absolute atomic E-state index is 10.1. The van der Waals surface area contributed by atoms with Gasteiger partial charge in [-0.05, 0) is 11.0 Å². The fourth-order valence-corrected chi connectivity index (χ4v) is 0.589. The Morgan fingerprint density at radius 3 is 2.67 bits per heavy atom. The van der Waals surface area contributed by atoms with Crippen LogP contribution in [0.1, 0.15) is 16.2 Å². The van der Waals surface area contributed by atoms with Gasteiger partial charge in [0, 0.05) is 4.57 Å². The molecule has 0 spiro atoms. The van der Waals surface area contributed by atoms with Crippen molar-refractivity contribution in [2.75, 3.05) is 6.61 Å². The van der Waals surface area contributed by atoms with Crippen molar-refractivity contribution in [3.8, 4) is 0 Å². The summed E-state index contributed by atoms with van der Waals surface area (Å²) in [5, 5.41) is 0. The maximum Gasteiger partial charge on any atom is 2.00 e. The van der Waals surface area contributed by atoms with Crippen molar-refractivity contribution in [2.45, 2.75) is 13.3 Å². The van der Waals surface area contributed by atoms with Crippen molar-refractivity contribution < 1.29 is 16.6 Å². The van der Waals surface area contributed by atoms with E-state index in [1.54, 1.807) is 0 Å². The van der Waals surface area contributed by atoms with Crippen molar-refractivity contribution in [1.29, 1.82) is 0 Å². The molecule has 1 atom stereocenters. The Hall–Kier alpha value is 1.24. The molecule has 0 aromatic heterocycles. The summed E-state index contributed by atoms with van der Waals surface area (Å²) in [6.45, 7) is 2.33. The van der Waals surface area contributed by atoms with Gasteiger partial charge in [0.2, 0.25) is 0 Å². The molecule has 0 aliphatic rings. The first-order valence-corrected chi connectivity index (χ1v) is 3.37. The summed E-state index contributed by atoms with van der Waals surface area (Å²) in [6, 6.07) is 0. The van der Waals surface area contributed by atoms with Gasteiger partial charge in [-0.1, -0.05) is 6.92 Å². The predicted molar refractivity (Wildman–Crippen MR) is 37.1 cm³/mol. The Balaban J connectivity index is -0.0000000817. The Labute approximate surface area is 88.0 Å². The number of nitrogens with two attached hydrogens (primary N) is 1. The van der Waals surface area contributed by atoms with Crippen LogP contribution in [0.5, 0.6) is 0 Å². The first-order chi connectivity index (χ1) is 3.81. The van der Waals surface area contributed by atoms with E-state index < -0.39 is 8.25 Å². The summed E-state index contributed by atoms with van der Waals surface area (Å²) in [5.74, 6) is 4.50. The molecule has 0 radical (unpaired) electrons. The van der Waals surface area contributed by atoms with Gasteiger partial charge in [0.25, 0.3) is 0 Å². The summed E-state index contributed by atoms with van der Waals surface area (Å²) in [6.07, 6.45) is 0.810. The molecule has 0 aliphatic heterocycles. The largest absolute Gasteiger partial charge is 2.00 e. The van der Waals surface area contributed by atoms with Gasteiger partial charge in [0.1, 0.15) is 6.61 Å². The monoisotopic (exact) mass is 180 g/mol. The molecule has 0 aromatic rings. The summed E-state index contributed by atoms with van der Waals surface area (Å²) >= 11 is 0. The first-order valence-electron chi connectivity index (χ1n) is 2.28. The maximum atomic E-state index is 10.1. The van der Waals surface area contributed by atoms with Crippen LogP contribution in [0.15, 0.2) is 0 Å². The van der Waals surface area contributed by atoms with E-state index in [9.17, 15) is 4.57 Å².